The van der Waals surface area contributed by atoms with Crippen molar-refractivity contribution in [2.45, 2.75) is 39.5 Å². The van der Waals surface area contributed by atoms with E-state index < -0.39 is 0 Å². The monoisotopic (exact) mass is 153 g/mol. The summed E-state index contributed by atoms with van der Waals surface area (Å²) in [5.74, 6) is 0. The molecule has 0 aliphatic carbocycles. The molecule has 0 aromatic rings. The van der Waals surface area contributed by atoms with Crippen LogP contribution >= 0.6 is 0 Å². The van der Waals surface area contributed by atoms with Crippen LogP contribution in [-0.4, -0.2) is 13.2 Å². The van der Waals surface area contributed by atoms with Gasteiger partial charge in [-0.25, -0.2) is 0 Å². The maximum Gasteiger partial charge on any atom is 1.00 e. The average molecular weight is 153 g/mol. The number of rotatable bonds is 6. The third-order valence-electron chi connectivity index (χ3n) is 1.28. The minimum Gasteiger partial charge on any atom is -0.381 e. The smallest absolute Gasteiger partial charge is 0.381 e. The Morgan fingerprint density at radius 2 is 1.30 bits per heavy atom. The van der Waals surface area contributed by atoms with E-state index >= 15 is 0 Å². The molecule has 0 bridgehead atoms. The Morgan fingerprint density at radius 1 is 0.900 bits per heavy atom. The summed E-state index contributed by atoms with van der Waals surface area (Å²) in [6.07, 6.45) is 4.91. The summed E-state index contributed by atoms with van der Waals surface area (Å²) in [6.45, 7) is 6.28. The van der Waals surface area contributed by atoms with E-state index in [-0.39, 0.29) is 29.6 Å². The third kappa shape index (κ3) is 11.7. The van der Waals surface area contributed by atoms with E-state index in [2.05, 4.69) is 13.8 Å². The van der Waals surface area contributed by atoms with Crippen LogP contribution in [0.5, 0.6) is 0 Å². The Labute approximate surface area is 86.8 Å². The molecular formula is C8H18NaO+. The summed E-state index contributed by atoms with van der Waals surface area (Å²) in [5, 5.41) is 0. The molecule has 0 aromatic carbocycles. The molecule has 0 heterocycles. The van der Waals surface area contributed by atoms with Crippen molar-refractivity contribution in [3.63, 3.8) is 0 Å². The molecule has 0 aliphatic rings. The van der Waals surface area contributed by atoms with Crippen molar-refractivity contribution in [2.75, 3.05) is 13.2 Å². The summed E-state index contributed by atoms with van der Waals surface area (Å²) < 4.78 is 5.31. The first-order chi connectivity index (χ1) is 4.41. The second-order valence-corrected chi connectivity index (χ2v) is 2.32. The Kier molecular flexibility index (Phi) is 17.1. The van der Waals surface area contributed by atoms with Gasteiger partial charge >= 0.3 is 29.6 Å². The van der Waals surface area contributed by atoms with Crippen molar-refractivity contribution in [1.82, 2.24) is 0 Å². The Hall–Kier alpha value is 0.960. The molecule has 0 radical (unpaired) electrons. The second-order valence-electron chi connectivity index (χ2n) is 2.32. The van der Waals surface area contributed by atoms with Gasteiger partial charge in [-0.15, -0.1) is 0 Å². The average Bonchev–Trinajstić information content (AvgIpc) is 1.89. The van der Waals surface area contributed by atoms with Gasteiger partial charge in [-0.1, -0.05) is 26.7 Å². The Morgan fingerprint density at radius 3 is 1.60 bits per heavy atom. The molecular weight excluding hydrogens is 135 g/mol. The van der Waals surface area contributed by atoms with Gasteiger partial charge in [0, 0.05) is 13.2 Å². The molecule has 0 fully saturated rings. The maximum atomic E-state index is 5.31. The van der Waals surface area contributed by atoms with Crippen molar-refractivity contribution >= 4 is 0 Å². The van der Waals surface area contributed by atoms with Crippen LogP contribution in [0.1, 0.15) is 39.5 Å². The van der Waals surface area contributed by atoms with E-state index in [4.69, 9.17) is 4.74 Å². The van der Waals surface area contributed by atoms with Crippen molar-refractivity contribution in [3.8, 4) is 0 Å². The van der Waals surface area contributed by atoms with Crippen molar-refractivity contribution in [3.05, 3.63) is 0 Å². The van der Waals surface area contributed by atoms with Crippen LogP contribution in [0.15, 0.2) is 0 Å². The van der Waals surface area contributed by atoms with E-state index in [1.165, 1.54) is 25.7 Å². The number of unbranched alkanes of at least 4 members (excludes halogenated alkanes) is 2. The van der Waals surface area contributed by atoms with E-state index in [0.717, 1.165) is 13.2 Å². The van der Waals surface area contributed by atoms with Gasteiger partial charge in [0.15, 0.2) is 0 Å². The molecule has 0 aromatic heterocycles. The van der Waals surface area contributed by atoms with Gasteiger partial charge in [0.05, 0.1) is 0 Å². The van der Waals surface area contributed by atoms with Crippen LogP contribution in [0, 0.1) is 0 Å². The molecule has 0 amide bonds. The van der Waals surface area contributed by atoms with E-state index in [0.29, 0.717) is 0 Å². The summed E-state index contributed by atoms with van der Waals surface area (Å²) in [6, 6.07) is 0. The molecule has 0 N–H and O–H groups in total. The SMILES string of the molecule is CCCCOCCCC.[Na+]. The zero-order valence-electron chi connectivity index (χ0n) is 7.65. The fourth-order valence-electron chi connectivity index (χ4n) is 0.595. The van der Waals surface area contributed by atoms with Gasteiger partial charge in [0.1, 0.15) is 0 Å². The summed E-state index contributed by atoms with van der Waals surface area (Å²) in [7, 11) is 0. The van der Waals surface area contributed by atoms with Gasteiger partial charge in [-0.2, -0.15) is 0 Å². The first kappa shape index (κ1) is 13.5. The van der Waals surface area contributed by atoms with Crippen LogP contribution < -0.4 is 29.6 Å². The first-order valence-corrected chi connectivity index (χ1v) is 3.99. The fourth-order valence-corrected chi connectivity index (χ4v) is 0.595. The van der Waals surface area contributed by atoms with Gasteiger partial charge < -0.3 is 4.74 Å². The molecule has 0 saturated heterocycles. The van der Waals surface area contributed by atoms with Crippen LogP contribution in [0.4, 0.5) is 0 Å². The molecule has 10 heavy (non-hydrogen) atoms. The van der Waals surface area contributed by atoms with E-state index in [1.54, 1.807) is 0 Å². The minimum absolute atomic E-state index is 0. The number of hydrogen-bond acceptors (Lipinski definition) is 1. The maximum absolute atomic E-state index is 5.31. The Bertz CT molecular complexity index is 42.5. The standard InChI is InChI=1S/C8H18O.Na/c1-3-5-7-9-8-6-4-2;/h3-8H2,1-2H3;/q;+1. The van der Waals surface area contributed by atoms with Gasteiger partial charge in [0.2, 0.25) is 0 Å². The van der Waals surface area contributed by atoms with Crippen LogP contribution in [0.3, 0.4) is 0 Å². The molecule has 0 atom stereocenters. The predicted molar refractivity (Wildman–Crippen MR) is 40.6 cm³/mol. The zero-order valence-corrected chi connectivity index (χ0v) is 9.65. The molecule has 0 aliphatic heterocycles. The second kappa shape index (κ2) is 12.6. The van der Waals surface area contributed by atoms with Crippen molar-refractivity contribution < 1.29 is 34.3 Å². The summed E-state index contributed by atoms with van der Waals surface area (Å²) in [4.78, 5) is 0. The van der Waals surface area contributed by atoms with E-state index in [9.17, 15) is 0 Å². The molecule has 56 valence electrons. The third-order valence-corrected chi connectivity index (χ3v) is 1.28. The van der Waals surface area contributed by atoms with Gasteiger partial charge in [-0.3, -0.25) is 0 Å². The molecule has 2 heteroatoms. The van der Waals surface area contributed by atoms with Gasteiger partial charge in [-0.05, 0) is 12.8 Å². The summed E-state index contributed by atoms with van der Waals surface area (Å²) >= 11 is 0. The predicted octanol–water partition coefficient (Wildman–Crippen LogP) is -0.393. The molecule has 0 saturated carbocycles. The largest absolute Gasteiger partial charge is 1.00 e. The van der Waals surface area contributed by atoms with Gasteiger partial charge in [0.25, 0.3) is 0 Å². The van der Waals surface area contributed by atoms with E-state index in [1.807, 2.05) is 0 Å². The van der Waals surface area contributed by atoms with Crippen LogP contribution in [0.2, 0.25) is 0 Å². The fraction of sp³-hybridized carbons (Fsp3) is 1.00. The summed E-state index contributed by atoms with van der Waals surface area (Å²) in [5.41, 5.74) is 0. The van der Waals surface area contributed by atoms with Crippen LogP contribution in [0.25, 0.3) is 0 Å². The zero-order chi connectivity index (χ0) is 6.95. The quantitative estimate of drug-likeness (QED) is 0.373. The van der Waals surface area contributed by atoms with Crippen molar-refractivity contribution in [1.29, 1.82) is 0 Å². The normalized spacial score (nSPS) is 9.00. The number of hydrogen-bond donors (Lipinski definition) is 0. The molecule has 0 rings (SSSR count). The topological polar surface area (TPSA) is 9.23 Å². The Balaban J connectivity index is 0. The molecule has 1 nitrogen and oxygen atoms in total. The molecule has 0 unspecified atom stereocenters. The van der Waals surface area contributed by atoms with Crippen molar-refractivity contribution in [2.24, 2.45) is 0 Å². The molecule has 0 spiro atoms. The minimum atomic E-state index is 0. The number of ether oxygens (including phenoxy) is 1. The van der Waals surface area contributed by atoms with Crippen LogP contribution in [-0.2, 0) is 4.74 Å². The first-order valence-electron chi connectivity index (χ1n) is 3.99.